The Balaban J connectivity index is 1.85. The summed E-state index contributed by atoms with van der Waals surface area (Å²) < 4.78 is 41.9. The number of nitrogens with one attached hydrogen (secondary N) is 1. The lowest BCUT2D eigenvalue weighted by atomic mass is 10.2. The van der Waals surface area contributed by atoms with Gasteiger partial charge in [0.05, 0.1) is 26.2 Å². The van der Waals surface area contributed by atoms with Gasteiger partial charge < -0.3 is 19.5 Å². The van der Waals surface area contributed by atoms with Crippen LogP contribution in [-0.4, -0.2) is 47.4 Å². The number of carbonyl (C=O) groups is 1. The number of sulfonamides is 1. The zero-order valence-electron chi connectivity index (χ0n) is 16.1. The lowest BCUT2D eigenvalue weighted by molar-refractivity contribution is -0.122. The molecule has 0 bridgehead atoms. The number of hydrogen-bond acceptors (Lipinski definition) is 6. The van der Waals surface area contributed by atoms with E-state index in [0.29, 0.717) is 27.9 Å². The van der Waals surface area contributed by atoms with Crippen molar-refractivity contribution >= 4 is 38.9 Å². The number of carbonyl (C=O) groups excluding carboxylic acids is 1. The van der Waals surface area contributed by atoms with E-state index >= 15 is 0 Å². The van der Waals surface area contributed by atoms with E-state index in [2.05, 4.69) is 5.32 Å². The van der Waals surface area contributed by atoms with E-state index in [1.165, 1.54) is 24.6 Å². The summed E-state index contributed by atoms with van der Waals surface area (Å²) in [6, 6.07) is 9.61. The van der Waals surface area contributed by atoms with Gasteiger partial charge in [-0.15, -0.1) is 0 Å². The van der Waals surface area contributed by atoms with E-state index in [-0.39, 0.29) is 18.7 Å². The first-order chi connectivity index (χ1) is 13.7. The summed E-state index contributed by atoms with van der Waals surface area (Å²) in [4.78, 5) is 12.8. The maximum Gasteiger partial charge on any atom is 0.265 e. The summed E-state index contributed by atoms with van der Waals surface area (Å²) in [5.41, 5.74) is 0.804. The third kappa shape index (κ3) is 4.68. The van der Waals surface area contributed by atoms with E-state index in [4.69, 9.17) is 25.8 Å². The number of ether oxygens (including phenoxy) is 3. The largest absolute Gasteiger partial charge is 0.493 e. The minimum absolute atomic E-state index is 0.0796. The van der Waals surface area contributed by atoms with Crippen LogP contribution < -0.4 is 23.8 Å². The molecule has 1 heterocycles. The third-order valence-electron chi connectivity index (χ3n) is 4.40. The smallest absolute Gasteiger partial charge is 0.265 e. The molecule has 0 aliphatic carbocycles. The summed E-state index contributed by atoms with van der Waals surface area (Å²) in [7, 11) is -0.551. The number of benzene rings is 2. The minimum Gasteiger partial charge on any atom is -0.493 e. The molecule has 0 saturated carbocycles. The minimum atomic E-state index is -3.57. The Hall–Kier alpha value is -2.65. The second-order valence-electron chi connectivity index (χ2n) is 6.40. The lowest BCUT2D eigenvalue weighted by Crippen LogP contribution is -2.35. The Bertz CT molecular complexity index is 1030. The van der Waals surface area contributed by atoms with E-state index < -0.39 is 22.0 Å². The summed E-state index contributed by atoms with van der Waals surface area (Å²) in [5.74, 6) is 0.861. The molecule has 156 valence electrons. The van der Waals surface area contributed by atoms with Crippen LogP contribution in [0, 0.1) is 0 Å². The fourth-order valence-corrected chi connectivity index (χ4v) is 4.12. The Kier molecular flexibility index (Phi) is 6.09. The highest BCUT2D eigenvalue weighted by Gasteiger charge is 2.31. The van der Waals surface area contributed by atoms with Crippen molar-refractivity contribution in [1.82, 2.24) is 0 Å². The molecule has 1 atom stereocenters. The first kappa shape index (κ1) is 21.1. The Morgan fingerprint density at radius 1 is 1.17 bits per heavy atom. The number of halogens is 1. The highest BCUT2D eigenvalue weighted by molar-refractivity contribution is 7.92. The van der Waals surface area contributed by atoms with Crippen LogP contribution in [0.25, 0.3) is 0 Å². The third-order valence-corrected chi connectivity index (χ3v) is 5.81. The van der Waals surface area contributed by atoms with Gasteiger partial charge in [0, 0.05) is 29.7 Å². The molecule has 0 radical (unpaired) electrons. The van der Waals surface area contributed by atoms with Crippen molar-refractivity contribution in [2.75, 3.05) is 36.6 Å². The molecule has 8 nitrogen and oxygen atoms in total. The van der Waals surface area contributed by atoms with Gasteiger partial charge in [0.1, 0.15) is 5.75 Å². The van der Waals surface area contributed by atoms with Crippen molar-refractivity contribution in [3.8, 4) is 17.2 Å². The molecule has 29 heavy (non-hydrogen) atoms. The molecular weight excluding hydrogens is 420 g/mol. The molecule has 0 aromatic heterocycles. The van der Waals surface area contributed by atoms with Crippen molar-refractivity contribution in [2.45, 2.75) is 12.5 Å². The van der Waals surface area contributed by atoms with Gasteiger partial charge in [-0.25, -0.2) is 8.42 Å². The van der Waals surface area contributed by atoms with Gasteiger partial charge in [-0.3, -0.25) is 9.10 Å². The summed E-state index contributed by atoms with van der Waals surface area (Å²) in [6.07, 6.45) is 0.370. The maximum absolute atomic E-state index is 12.8. The van der Waals surface area contributed by atoms with Gasteiger partial charge in [0.25, 0.3) is 5.91 Å². The number of rotatable bonds is 5. The average Bonchev–Trinajstić information content (AvgIpc) is 2.87. The summed E-state index contributed by atoms with van der Waals surface area (Å²) in [6.45, 7) is 0.0796. The SMILES string of the molecule is COc1ccc(NC(=O)[C@@H]2CCN(S(C)(=O)=O)c3cc(Cl)ccc3O2)cc1OC. The first-order valence-corrected chi connectivity index (χ1v) is 10.9. The molecule has 2 aromatic rings. The second kappa shape index (κ2) is 8.38. The van der Waals surface area contributed by atoms with Gasteiger partial charge in [-0.2, -0.15) is 0 Å². The summed E-state index contributed by atoms with van der Waals surface area (Å²) in [5, 5.41) is 3.14. The van der Waals surface area contributed by atoms with Crippen LogP contribution >= 0.6 is 11.6 Å². The van der Waals surface area contributed by atoms with E-state index in [1.54, 1.807) is 30.3 Å². The summed E-state index contributed by atoms with van der Waals surface area (Å²) >= 11 is 6.03. The highest BCUT2D eigenvalue weighted by atomic mass is 35.5. The molecule has 0 spiro atoms. The Morgan fingerprint density at radius 2 is 1.90 bits per heavy atom. The number of anilines is 2. The number of nitrogens with zero attached hydrogens (tertiary/aromatic N) is 1. The molecule has 1 aliphatic heterocycles. The molecule has 0 saturated heterocycles. The van der Waals surface area contributed by atoms with E-state index in [0.717, 1.165) is 6.26 Å². The Labute approximate surface area is 174 Å². The predicted octanol–water partition coefficient (Wildman–Crippen LogP) is 2.91. The van der Waals surface area contributed by atoms with Gasteiger partial charge in [-0.1, -0.05) is 11.6 Å². The highest BCUT2D eigenvalue weighted by Crippen LogP contribution is 2.36. The topological polar surface area (TPSA) is 94.2 Å². The normalized spacial score (nSPS) is 16.3. The zero-order chi connectivity index (χ0) is 21.2. The number of amides is 1. The van der Waals surface area contributed by atoms with Crippen LogP contribution in [0.4, 0.5) is 11.4 Å². The molecule has 0 fully saturated rings. The van der Waals surface area contributed by atoms with Crippen molar-refractivity contribution in [1.29, 1.82) is 0 Å². The fraction of sp³-hybridized carbons (Fsp3) is 0.316. The lowest BCUT2D eigenvalue weighted by Gasteiger charge is -2.21. The molecule has 1 N–H and O–H groups in total. The van der Waals surface area contributed by atoms with Gasteiger partial charge >= 0.3 is 0 Å². The zero-order valence-corrected chi connectivity index (χ0v) is 17.7. The Morgan fingerprint density at radius 3 is 2.55 bits per heavy atom. The average molecular weight is 441 g/mol. The molecule has 10 heteroatoms. The van der Waals surface area contributed by atoms with Crippen LogP contribution in [0.5, 0.6) is 17.2 Å². The van der Waals surface area contributed by atoms with Crippen molar-refractivity contribution in [3.63, 3.8) is 0 Å². The number of methoxy groups -OCH3 is 2. The van der Waals surface area contributed by atoms with Gasteiger partial charge in [0.2, 0.25) is 10.0 Å². The van der Waals surface area contributed by atoms with Crippen LogP contribution in [0.3, 0.4) is 0 Å². The molecule has 1 amide bonds. The van der Waals surface area contributed by atoms with Crippen molar-refractivity contribution in [2.24, 2.45) is 0 Å². The molecule has 3 rings (SSSR count). The van der Waals surface area contributed by atoms with Gasteiger partial charge in [-0.05, 0) is 30.3 Å². The fourth-order valence-electron chi connectivity index (χ4n) is 3.02. The number of hydrogen-bond donors (Lipinski definition) is 1. The van der Waals surface area contributed by atoms with Crippen LogP contribution in [0.1, 0.15) is 6.42 Å². The van der Waals surface area contributed by atoms with Gasteiger partial charge in [0.15, 0.2) is 17.6 Å². The van der Waals surface area contributed by atoms with E-state index in [1.807, 2.05) is 0 Å². The molecule has 1 aliphatic rings. The molecular formula is C19H21ClN2O6S. The predicted molar refractivity (Wildman–Crippen MR) is 111 cm³/mol. The van der Waals surface area contributed by atoms with E-state index in [9.17, 15) is 13.2 Å². The maximum atomic E-state index is 12.8. The van der Waals surface area contributed by atoms with Crippen LogP contribution in [0.2, 0.25) is 5.02 Å². The molecule has 2 aromatic carbocycles. The second-order valence-corrected chi connectivity index (χ2v) is 8.74. The van der Waals surface area contributed by atoms with Crippen molar-refractivity contribution < 1.29 is 27.4 Å². The van der Waals surface area contributed by atoms with Crippen LogP contribution in [-0.2, 0) is 14.8 Å². The molecule has 0 unspecified atom stereocenters. The standard InChI is InChI=1S/C19H21ClN2O6S/c1-26-16-7-5-13(11-18(16)27-2)21-19(23)17-8-9-22(29(3,24)25)14-10-12(20)4-6-15(14)28-17/h4-7,10-11,17H,8-9H2,1-3H3,(H,21,23)/t17-/m0/s1. The first-order valence-electron chi connectivity index (χ1n) is 8.69. The van der Waals surface area contributed by atoms with Crippen molar-refractivity contribution in [3.05, 3.63) is 41.4 Å². The van der Waals surface area contributed by atoms with Crippen LogP contribution in [0.15, 0.2) is 36.4 Å². The number of fused-ring (bicyclic) bond motifs is 1. The quantitative estimate of drug-likeness (QED) is 0.768. The monoisotopic (exact) mass is 440 g/mol.